The molecule has 2 amide bonds. The van der Waals surface area contributed by atoms with E-state index in [1.807, 2.05) is 11.8 Å². The number of H-pyrrole nitrogens is 1. The van der Waals surface area contributed by atoms with Gasteiger partial charge in [0.25, 0.3) is 0 Å². The first-order valence-electron chi connectivity index (χ1n) is 9.29. The maximum absolute atomic E-state index is 12.4. The quantitative estimate of drug-likeness (QED) is 0.728. The number of carbonyl (C=O) groups is 2. The van der Waals surface area contributed by atoms with Gasteiger partial charge in [-0.3, -0.25) is 9.59 Å². The SMILES string of the molecule is Cc1[nH]cnc1CSCCNC(=O)C1CCC(=O)N(C2CCCC2)C1. The number of hydrogen-bond acceptors (Lipinski definition) is 4. The van der Waals surface area contributed by atoms with E-state index in [9.17, 15) is 9.59 Å². The third-order valence-corrected chi connectivity index (χ3v) is 6.27. The number of amides is 2. The van der Waals surface area contributed by atoms with E-state index in [2.05, 4.69) is 15.3 Å². The maximum Gasteiger partial charge on any atom is 0.224 e. The number of nitrogens with zero attached hydrogens (tertiary/aromatic N) is 2. The Labute approximate surface area is 153 Å². The summed E-state index contributed by atoms with van der Waals surface area (Å²) in [6.45, 7) is 3.29. The molecule has 1 saturated carbocycles. The zero-order chi connectivity index (χ0) is 17.6. The van der Waals surface area contributed by atoms with Crippen LogP contribution in [0.15, 0.2) is 6.33 Å². The van der Waals surface area contributed by atoms with Crippen LogP contribution in [0.3, 0.4) is 0 Å². The van der Waals surface area contributed by atoms with Gasteiger partial charge in [-0.2, -0.15) is 11.8 Å². The summed E-state index contributed by atoms with van der Waals surface area (Å²) < 4.78 is 0. The molecule has 1 unspecified atom stereocenters. The Hall–Kier alpha value is -1.50. The smallest absolute Gasteiger partial charge is 0.224 e. The van der Waals surface area contributed by atoms with Gasteiger partial charge < -0.3 is 15.2 Å². The Morgan fingerprint density at radius 3 is 2.92 bits per heavy atom. The lowest BCUT2D eigenvalue weighted by atomic mass is 9.95. The van der Waals surface area contributed by atoms with Crippen molar-refractivity contribution < 1.29 is 9.59 Å². The van der Waals surface area contributed by atoms with Crippen LogP contribution in [-0.4, -0.2) is 51.6 Å². The van der Waals surface area contributed by atoms with Crippen LogP contribution in [0.1, 0.15) is 49.9 Å². The van der Waals surface area contributed by atoms with E-state index in [0.717, 1.165) is 35.7 Å². The molecule has 0 spiro atoms. The van der Waals surface area contributed by atoms with Crippen LogP contribution in [-0.2, 0) is 15.3 Å². The lowest BCUT2D eigenvalue weighted by Gasteiger charge is -2.36. The number of rotatable bonds is 7. The number of piperidine rings is 1. The molecule has 1 aliphatic carbocycles. The molecular weight excluding hydrogens is 336 g/mol. The Morgan fingerprint density at radius 1 is 1.40 bits per heavy atom. The van der Waals surface area contributed by atoms with Gasteiger partial charge in [-0.15, -0.1) is 0 Å². The van der Waals surface area contributed by atoms with Crippen molar-refractivity contribution in [3.63, 3.8) is 0 Å². The normalized spacial score (nSPS) is 21.7. The summed E-state index contributed by atoms with van der Waals surface area (Å²) in [5.74, 6) is 2.03. The van der Waals surface area contributed by atoms with Crippen LogP contribution in [0, 0.1) is 12.8 Å². The van der Waals surface area contributed by atoms with Gasteiger partial charge in [-0.05, 0) is 26.2 Å². The Morgan fingerprint density at radius 2 is 2.20 bits per heavy atom. The number of hydrogen-bond donors (Lipinski definition) is 2. The van der Waals surface area contributed by atoms with Crippen LogP contribution in [0.5, 0.6) is 0 Å². The summed E-state index contributed by atoms with van der Waals surface area (Å²) in [7, 11) is 0. The summed E-state index contributed by atoms with van der Waals surface area (Å²) in [5.41, 5.74) is 2.18. The second-order valence-corrected chi connectivity index (χ2v) is 8.14. The second kappa shape index (κ2) is 8.74. The van der Waals surface area contributed by atoms with Crippen molar-refractivity contribution >= 4 is 23.6 Å². The highest BCUT2D eigenvalue weighted by molar-refractivity contribution is 7.98. The highest BCUT2D eigenvalue weighted by atomic mass is 32.2. The number of imidazole rings is 1. The number of aromatic nitrogens is 2. The third-order valence-electron chi connectivity index (χ3n) is 5.30. The van der Waals surface area contributed by atoms with Crippen LogP contribution in [0.25, 0.3) is 0 Å². The van der Waals surface area contributed by atoms with E-state index in [1.165, 1.54) is 12.8 Å². The summed E-state index contributed by atoms with van der Waals surface area (Å²) in [6, 6.07) is 0.371. The molecule has 3 rings (SSSR count). The van der Waals surface area contributed by atoms with Gasteiger partial charge in [-0.25, -0.2) is 4.98 Å². The van der Waals surface area contributed by atoms with Gasteiger partial charge in [0.05, 0.1) is 17.9 Å². The largest absolute Gasteiger partial charge is 0.355 e. The van der Waals surface area contributed by atoms with Crippen molar-refractivity contribution in [3.8, 4) is 0 Å². The molecule has 2 heterocycles. The van der Waals surface area contributed by atoms with Crippen molar-refractivity contribution in [1.29, 1.82) is 0 Å². The maximum atomic E-state index is 12.4. The van der Waals surface area contributed by atoms with Gasteiger partial charge >= 0.3 is 0 Å². The zero-order valence-electron chi connectivity index (χ0n) is 14.9. The molecule has 1 atom stereocenters. The number of thioether (sulfide) groups is 1. The van der Waals surface area contributed by atoms with E-state index >= 15 is 0 Å². The van der Waals surface area contributed by atoms with Crippen molar-refractivity contribution in [3.05, 3.63) is 17.7 Å². The molecule has 0 aromatic carbocycles. The molecule has 0 bridgehead atoms. The van der Waals surface area contributed by atoms with Gasteiger partial charge in [0.1, 0.15) is 0 Å². The van der Waals surface area contributed by atoms with Gasteiger partial charge in [0.15, 0.2) is 0 Å². The molecule has 1 aliphatic heterocycles. The van der Waals surface area contributed by atoms with Crippen LogP contribution in [0.4, 0.5) is 0 Å². The molecule has 25 heavy (non-hydrogen) atoms. The van der Waals surface area contributed by atoms with E-state index in [-0.39, 0.29) is 17.7 Å². The Kier molecular flexibility index (Phi) is 6.39. The number of aryl methyl sites for hydroxylation is 1. The minimum atomic E-state index is -0.0446. The van der Waals surface area contributed by atoms with Crippen molar-refractivity contribution in [1.82, 2.24) is 20.2 Å². The summed E-state index contributed by atoms with van der Waals surface area (Å²) in [5, 5.41) is 3.05. The Bertz CT molecular complexity index is 598. The monoisotopic (exact) mass is 364 g/mol. The molecule has 2 aliphatic rings. The highest BCUT2D eigenvalue weighted by Crippen LogP contribution is 2.28. The van der Waals surface area contributed by atoms with Gasteiger partial charge in [-0.1, -0.05) is 12.8 Å². The summed E-state index contributed by atoms with van der Waals surface area (Å²) in [4.78, 5) is 33.9. The first kappa shape index (κ1) is 18.3. The van der Waals surface area contributed by atoms with Gasteiger partial charge in [0.2, 0.25) is 11.8 Å². The lowest BCUT2D eigenvalue weighted by Crippen LogP contribution is -2.49. The van der Waals surface area contributed by atoms with Crippen molar-refractivity contribution in [2.45, 2.75) is 57.2 Å². The molecule has 6 nitrogen and oxygen atoms in total. The predicted octanol–water partition coefficient (Wildman–Crippen LogP) is 2.25. The number of nitrogens with one attached hydrogen (secondary N) is 2. The summed E-state index contributed by atoms with van der Waals surface area (Å²) >= 11 is 1.77. The van der Waals surface area contributed by atoms with E-state index < -0.39 is 0 Å². The third kappa shape index (κ3) is 4.77. The second-order valence-electron chi connectivity index (χ2n) is 7.04. The number of aromatic amines is 1. The summed E-state index contributed by atoms with van der Waals surface area (Å²) in [6.07, 6.45) is 7.53. The molecule has 0 radical (unpaired) electrons. The molecule has 1 aromatic rings. The standard InChI is InChI=1S/C18H28N4O2S/c1-13-16(21-12-20-13)11-25-9-8-19-18(24)14-6-7-17(23)22(10-14)15-4-2-3-5-15/h12,14-15H,2-11H2,1H3,(H,19,24)(H,20,21). The fourth-order valence-electron chi connectivity index (χ4n) is 3.75. The first-order chi connectivity index (χ1) is 12.1. The zero-order valence-corrected chi connectivity index (χ0v) is 15.7. The molecule has 1 saturated heterocycles. The minimum Gasteiger partial charge on any atom is -0.355 e. The Balaban J connectivity index is 1.37. The fourth-order valence-corrected chi connectivity index (χ4v) is 4.62. The van der Waals surface area contributed by atoms with Crippen LogP contribution < -0.4 is 5.32 Å². The number of likely N-dealkylation sites (tertiary alicyclic amines) is 1. The highest BCUT2D eigenvalue weighted by Gasteiger charge is 2.34. The molecular formula is C18H28N4O2S. The van der Waals surface area contributed by atoms with Crippen molar-refractivity contribution in [2.75, 3.05) is 18.8 Å². The van der Waals surface area contributed by atoms with Crippen LogP contribution in [0.2, 0.25) is 0 Å². The van der Waals surface area contributed by atoms with E-state index in [0.29, 0.717) is 32.0 Å². The molecule has 138 valence electrons. The minimum absolute atomic E-state index is 0.0446. The lowest BCUT2D eigenvalue weighted by molar-refractivity contribution is -0.140. The topological polar surface area (TPSA) is 78.1 Å². The van der Waals surface area contributed by atoms with Gasteiger partial charge in [0, 0.05) is 42.8 Å². The average Bonchev–Trinajstić information content (AvgIpc) is 3.27. The average molecular weight is 365 g/mol. The first-order valence-corrected chi connectivity index (χ1v) is 10.4. The fraction of sp³-hybridized carbons (Fsp3) is 0.722. The van der Waals surface area contributed by atoms with E-state index in [4.69, 9.17) is 0 Å². The molecule has 7 heteroatoms. The van der Waals surface area contributed by atoms with E-state index in [1.54, 1.807) is 18.1 Å². The number of carbonyl (C=O) groups excluding carboxylic acids is 2. The van der Waals surface area contributed by atoms with Crippen molar-refractivity contribution in [2.24, 2.45) is 5.92 Å². The molecule has 2 N–H and O–H groups in total. The van der Waals surface area contributed by atoms with Crippen LogP contribution >= 0.6 is 11.8 Å². The predicted molar refractivity (Wildman–Crippen MR) is 99.2 cm³/mol. The molecule has 1 aromatic heterocycles. The molecule has 2 fully saturated rings.